The Balaban J connectivity index is 0.00000121. The molecule has 1 fully saturated rings. The Morgan fingerprint density at radius 1 is 1.18 bits per heavy atom. The van der Waals surface area contributed by atoms with Gasteiger partial charge in [0.05, 0.1) is 5.92 Å². The van der Waals surface area contributed by atoms with E-state index in [1.165, 1.54) is 0 Å². The summed E-state index contributed by atoms with van der Waals surface area (Å²) in [5.41, 5.74) is 0. The van der Waals surface area contributed by atoms with Gasteiger partial charge in [-0.05, 0) is 31.6 Å². The molecule has 0 radical (unpaired) electrons. The molecule has 1 amide bonds. The van der Waals surface area contributed by atoms with E-state index in [4.69, 9.17) is 5.11 Å². The molecule has 2 N–H and O–H groups in total. The quantitative estimate of drug-likeness (QED) is 0.797. The summed E-state index contributed by atoms with van der Waals surface area (Å²) < 4.78 is 0. The second-order valence-corrected chi connectivity index (χ2v) is 4.21. The van der Waals surface area contributed by atoms with Crippen LogP contribution in [0.3, 0.4) is 0 Å². The lowest BCUT2D eigenvalue weighted by Gasteiger charge is -2.26. The summed E-state index contributed by atoms with van der Waals surface area (Å²) in [7, 11) is 0. The van der Waals surface area contributed by atoms with Gasteiger partial charge in [-0.15, -0.1) is 0 Å². The summed E-state index contributed by atoms with van der Waals surface area (Å²) >= 11 is 0. The van der Waals surface area contributed by atoms with Crippen LogP contribution >= 0.6 is 0 Å². The Morgan fingerprint density at radius 2 is 1.71 bits per heavy atom. The predicted molar refractivity (Wildman–Crippen MR) is 67.7 cm³/mol. The molecule has 0 spiro atoms. The molecule has 0 bridgehead atoms. The van der Waals surface area contributed by atoms with Crippen LogP contribution in [0.1, 0.15) is 52.9 Å². The van der Waals surface area contributed by atoms with Gasteiger partial charge in [0.15, 0.2) is 0 Å². The molecule has 1 aliphatic carbocycles. The first kappa shape index (κ1) is 15.9. The van der Waals surface area contributed by atoms with Gasteiger partial charge in [0.2, 0.25) is 5.91 Å². The highest BCUT2D eigenvalue weighted by Gasteiger charge is 2.25. The number of amides is 1. The number of aliphatic carboxylic acids is 1. The highest BCUT2D eigenvalue weighted by atomic mass is 16.4. The van der Waals surface area contributed by atoms with Crippen molar-refractivity contribution in [3.05, 3.63) is 0 Å². The maximum atomic E-state index is 11.0. The van der Waals surface area contributed by atoms with Crippen LogP contribution in [0.25, 0.3) is 0 Å². The Bertz CT molecular complexity index is 233. The van der Waals surface area contributed by atoms with E-state index in [1.807, 2.05) is 20.8 Å². The van der Waals surface area contributed by atoms with E-state index in [9.17, 15) is 9.59 Å². The lowest BCUT2D eigenvalue weighted by atomic mass is 9.82. The van der Waals surface area contributed by atoms with E-state index in [-0.39, 0.29) is 11.8 Å². The standard InChI is InChI=1S/C11H19NO3.C2H6/c1-2-10(13)12-7-8-3-5-9(6-4-8)11(14)15;1-2/h8-9H,2-7H2,1H3,(H,12,13)(H,14,15);1-2H3. The average molecular weight is 243 g/mol. The molecule has 4 heteroatoms. The molecule has 0 aromatic rings. The summed E-state index contributed by atoms with van der Waals surface area (Å²) in [6, 6.07) is 0. The van der Waals surface area contributed by atoms with Gasteiger partial charge in [-0.1, -0.05) is 20.8 Å². The second kappa shape index (κ2) is 9.02. The summed E-state index contributed by atoms with van der Waals surface area (Å²) in [4.78, 5) is 21.7. The van der Waals surface area contributed by atoms with Crippen molar-refractivity contribution in [3.8, 4) is 0 Å². The normalized spacial score (nSPS) is 23.2. The fourth-order valence-electron chi connectivity index (χ4n) is 2.00. The number of carbonyl (C=O) groups excluding carboxylic acids is 1. The van der Waals surface area contributed by atoms with E-state index in [0.717, 1.165) is 25.7 Å². The van der Waals surface area contributed by atoms with Crippen LogP contribution < -0.4 is 5.32 Å². The van der Waals surface area contributed by atoms with Crippen molar-refractivity contribution < 1.29 is 14.7 Å². The van der Waals surface area contributed by atoms with Crippen LogP contribution in [0.2, 0.25) is 0 Å². The first-order chi connectivity index (χ1) is 8.13. The van der Waals surface area contributed by atoms with Crippen LogP contribution in [0, 0.1) is 11.8 Å². The smallest absolute Gasteiger partial charge is 0.306 e. The summed E-state index contributed by atoms with van der Waals surface area (Å²) in [6.07, 6.45) is 3.86. The van der Waals surface area contributed by atoms with Crippen molar-refractivity contribution in [2.75, 3.05) is 6.54 Å². The van der Waals surface area contributed by atoms with E-state index in [2.05, 4.69) is 5.32 Å². The van der Waals surface area contributed by atoms with Crippen LogP contribution in [0.15, 0.2) is 0 Å². The number of carboxylic acids is 1. The molecule has 0 aromatic carbocycles. The van der Waals surface area contributed by atoms with Crippen molar-refractivity contribution in [1.82, 2.24) is 5.32 Å². The van der Waals surface area contributed by atoms with Gasteiger partial charge in [-0.25, -0.2) is 0 Å². The fourth-order valence-corrected chi connectivity index (χ4v) is 2.00. The van der Waals surface area contributed by atoms with Gasteiger partial charge in [0.1, 0.15) is 0 Å². The molecule has 1 saturated carbocycles. The van der Waals surface area contributed by atoms with Crippen LogP contribution in [-0.4, -0.2) is 23.5 Å². The summed E-state index contributed by atoms with van der Waals surface area (Å²) in [6.45, 7) is 6.54. The molecule has 1 rings (SSSR count). The number of carboxylic acid groups (broad SMARTS) is 1. The molecule has 0 aliphatic heterocycles. The van der Waals surface area contributed by atoms with Crippen molar-refractivity contribution in [1.29, 1.82) is 0 Å². The monoisotopic (exact) mass is 243 g/mol. The third-order valence-corrected chi connectivity index (χ3v) is 3.11. The number of rotatable bonds is 4. The molecule has 1 aliphatic rings. The SMILES string of the molecule is CC.CCC(=O)NCC1CCC(C(=O)O)CC1. The van der Waals surface area contributed by atoms with Gasteiger partial charge in [0, 0.05) is 13.0 Å². The molecule has 0 saturated heterocycles. The highest BCUT2D eigenvalue weighted by molar-refractivity contribution is 5.75. The Hall–Kier alpha value is -1.06. The van der Waals surface area contributed by atoms with Gasteiger partial charge >= 0.3 is 5.97 Å². The Morgan fingerprint density at radius 3 is 2.12 bits per heavy atom. The number of hydrogen-bond donors (Lipinski definition) is 2. The largest absolute Gasteiger partial charge is 0.481 e. The minimum absolute atomic E-state index is 0.0790. The molecule has 100 valence electrons. The van der Waals surface area contributed by atoms with Gasteiger partial charge in [-0.3, -0.25) is 9.59 Å². The lowest BCUT2D eigenvalue weighted by molar-refractivity contribution is -0.143. The molecule has 0 atom stereocenters. The lowest BCUT2D eigenvalue weighted by Crippen LogP contribution is -2.31. The van der Waals surface area contributed by atoms with Crippen molar-refractivity contribution in [3.63, 3.8) is 0 Å². The Kier molecular flexibility index (Phi) is 8.46. The van der Waals surface area contributed by atoms with E-state index < -0.39 is 5.97 Å². The predicted octanol–water partition coefficient (Wildman–Crippen LogP) is 2.43. The average Bonchev–Trinajstić information content (AvgIpc) is 2.38. The van der Waals surface area contributed by atoms with Crippen molar-refractivity contribution in [2.24, 2.45) is 11.8 Å². The first-order valence-electron chi connectivity index (χ1n) is 6.63. The first-order valence-corrected chi connectivity index (χ1v) is 6.63. The number of nitrogens with one attached hydrogen (secondary N) is 1. The second-order valence-electron chi connectivity index (χ2n) is 4.21. The van der Waals surface area contributed by atoms with Gasteiger partial charge in [-0.2, -0.15) is 0 Å². The topological polar surface area (TPSA) is 66.4 Å². The van der Waals surface area contributed by atoms with E-state index in [0.29, 0.717) is 18.9 Å². The number of carbonyl (C=O) groups is 2. The van der Waals surface area contributed by atoms with E-state index in [1.54, 1.807) is 0 Å². The van der Waals surface area contributed by atoms with Gasteiger partial charge in [0.25, 0.3) is 0 Å². The Labute approximate surface area is 104 Å². The zero-order chi connectivity index (χ0) is 13.3. The molecular formula is C13H25NO3. The molecule has 4 nitrogen and oxygen atoms in total. The zero-order valence-electron chi connectivity index (χ0n) is 11.2. The summed E-state index contributed by atoms with van der Waals surface area (Å²) in [5, 5.41) is 11.7. The van der Waals surface area contributed by atoms with Crippen LogP contribution in [0.4, 0.5) is 0 Å². The van der Waals surface area contributed by atoms with Crippen LogP contribution in [0.5, 0.6) is 0 Å². The maximum Gasteiger partial charge on any atom is 0.306 e. The third-order valence-electron chi connectivity index (χ3n) is 3.11. The highest BCUT2D eigenvalue weighted by Crippen LogP contribution is 2.28. The number of hydrogen-bond acceptors (Lipinski definition) is 2. The van der Waals surface area contributed by atoms with Crippen molar-refractivity contribution >= 4 is 11.9 Å². The van der Waals surface area contributed by atoms with Crippen LogP contribution in [-0.2, 0) is 9.59 Å². The minimum Gasteiger partial charge on any atom is -0.481 e. The minimum atomic E-state index is -0.675. The molecule has 0 aromatic heterocycles. The zero-order valence-corrected chi connectivity index (χ0v) is 11.2. The fraction of sp³-hybridized carbons (Fsp3) is 0.846. The molecular weight excluding hydrogens is 218 g/mol. The maximum absolute atomic E-state index is 11.0. The molecule has 0 heterocycles. The third kappa shape index (κ3) is 6.29. The van der Waals surface area contributed by atoms with Gasteiger partial charge < -0.3 is 10.4 Å². The molecule has 0 unspecified atom stereocenters. The molecule has 17 heavy (non-hydrogen) atoms. The van der Waals surface area contributed by atoms with Crippen molar-refractivity contribution in [2.45, 2.75) is 52.9 Å². The van der Waals surface area contributed by atoms with E-state index >= 15 is 0 Å². The summed E-state index contributed by atoms with van der Waals surface area (Å²) in [5.74, 6) is -0.291.